The van der Waals surface area contributed by atoms with Gasteiger partial charge in [0.2, 0.25) is 11.8 Å². The molecule has 10 heteroatoms. The summed E-state index contributed by atoms with van der Waals surface area (Å²) in [5.74, 6) is 1.10. The molecule has 0 spiro atoms. The van der Waals surface area contributed by atoms with E-state index in [0.29, 0.717) is 33.5 Å². The summed E-state index contributed by atoms with van der Waals surface area (Å²) in [4.78, 5) is 29.3. The number of ether oxygens (including phenoxy) is 3. The highest BCUT2D eigenvalue weighted by Crippen LogP contribution is 2.46. The summed E-state index contributed by atoms with van der Waals surface area (Å²) in [6.45, 7) is 0.211. The third kappa shape index (κ3) is 4.52. The molecule has 2 amide bonds. The Hall–Kier alpha value is -3.82. The summed E-state index contributed by atoms with van der Waals surface area (Å²) in [5, 5.41) is 4.46. The van der Waals surface area contributed by atoms with E-state index in [4.69, 9.17) is 26.0 Å². The second-order valence-corrected chi connectivity index (χ2v) is 9.84. The number of nitrogens with zero attached hydrogens (tertiary/aromatic N) is 2. The Morgan fingerprint density at radius 3 is 2.50 bits per heavy atom. The van der Waals surface area contributed by atoms with Gasteiger partial charge in [0.1, 0.15) is 23.3 Å². The maximum Gasteiger partial charge on any atom is 0.248 e. The summed E-state index contributed by atoms with van der Waals surface area (Å²) < 4.78 is 18.0. The van der Waals surface area contributed by atoms with Crippen LogP contribution in [0.25, 0.3) is 10.9 Å². The molecule has 0 bridgehead atoms. The number of anilines is 1. The number of hydrogen-bond donors (Lipinski definition) is 1. The molecule has 8 nitrogen and oxygen atoms in total. The normalized spacial score (nSPS) is 15.1. The molecule has 1 aliphatic heterocycles. The van der Waals surface area contributed by atoms with Gasteiger partial charge in [0.15, 0.2) is 0 Å². The van der Waals surface area contributed by atoms with Crippen LogP contribution in [-0.2, 0) is 16.1 Å². The van der Waals surface area contributed by atoms with Crippen molar-refractivity contribution in [1.29, 1.82) is 0 Å². The molecule has 5 rings (SSSR count). The number of rotatable bonds is 7. The lowest BCUT2D eigenvalue weighted by Gasteiger charge is -2.31. The average molecular weight is 552 g/mol. The highest BCUT2D eigenvalue weighted by atomic mass is 35.5. The van der Waals surface area contributed by atoms with Crippen LogP contribution in [0.1, 0.15) is 17.2 Å². The van der Waals surface area contributed by atoms with Gasteiger partial charge >= 0.3 is 0 Å². The number of nitrogens with one attached hydrogen (secondary N) is 1. The van der Waals surface area contributed by atoms with E-state index in [-0.39, 0.29) is 24.1 Å². The monoisotopic (exact) mass is 551 g/mol. The van der Waals surface area contributed by atoms with Gasteiger partial charge in [-0.1, -0.05) is 48.2 Å². The van der Waals surface area contributed by atoms with Crippen LogP contribution in [0.2, 0.25) is 0 Å². The molecule has 1 aliphatic rings. The summed E-state index contributed by atoms with van der Waals surface area (Å²) in [7, 11) is 4.65. The van der Waals surface area contributed by atoms with E-state index in [0.717, 1.165) is 16.5 Å². The predicted molar refractivity (Wildman–Crippen MR) is 149 cm³/mol. The lowest BCUT2D eigenvalue weighted by atomic mass is 10.0. The SMILES string of the molecule is COc1ccc(N2C(=O)CSc3c(c4ccccc4n3Cl)C2C(=O)NCc2ccccc2OC)c(OC)c1. The molecule has 2 heterocycles. The van der Waals surface area contributed by atoms with Gasteiger partial charge in [-0.15, -0.1) is 0 Å². The maximum absolute atomic E-state index is 14.1. The fourth-order valence-corrected chi connectivity index (χ4v) is 6.08. The quantitative estimate of drug-likeness (QED) is 0.341. The Morgan fingerprint density at radius 2 is 1.74 bits per heavy atom. The van der Waals surface area contributed by atoms with E-state index in [1.54, 1.807) is 32.4 Å². The summed E-state index contributed by atoms with van der Waals surface area (Å²) >= 11 is 8.05. The van der Waals surface area contributed by atoms with Gasteiger partial charge in [-0.05, 0) is 24.3 Å². The molecule has 1 N–H and O–H groups in total. The predicted octanol–water partition coefficient (Wildman–Crippen LogP) is 5.17. The zero-order chi connectivity index (χ0) is 26.8. The van der Waals surface area contributed by atoms with Crippen LogP contribution in [0.5, 0.6) is 17.2 Å². The molecule has 0 saturated heterocycles. The Morgan fingerprint density at radius 1 is 1.00 bits per heavy atom. The number of fused-ring (bicyclic) bond motifs is 3. The first kappa shape index (κ1) is 25.8. The van der Waals surface area contributed by atoms with Crippen LogP contribution >= 0.6 is 23.5 Å². The molecule has 0 saturated carbocycles. The van der Waals surface area contributed by atoms with E-state index in [2.05, 4.69) is 5.32 Å². The van der Waals surface area contributed by atoms with E-state index in [1.807, 2.05) is 48.5 Å². The van der Waals surface area contributed by atoms with E-state index >= 15 is 0 Å². The molecule has 4 aromatic rings. The lowest BCUT2D eigenvalue weighted by molar-refractivity contribution is -0.125. The van der Waals surface area contributed by atoms with E-state index in [9.17, 15) is 9.59 Å². The minimum absolute atomic E-state index is 0.0848. The van der Waals surface area contributed by atoms with Crippen molar-refractivity contribution in [2.75, 3.05) is 32.0 Å². The molecule has 196 valence electrons. The molecule has 0 fully saturated rings. The van der Waals surface area contributed by atoms with E-state index in [1.165, 1.54) is 27.9 Å². The van der Waals surface area contributed by atoms with Gasteiger partial charge < -0.3 is 19.5 Å². The first-order chi connectivity index (χ1) is 18.5. The molecular formula is C28H26ClN3O5S. The van der Waals surface area contributed by atoms with Crippen molar-refractivity contribution >= 4 is 51.9 Å². The maximum atomic E-state index is 14.1. The van der Waals surface area contributed by atoms with Crippen LogP contribution in [0.15, 0.2) is 71.8 Å². The van der Waals surface area contributed by atoms with Gasteiger partial charge in [-0.2, -0.15) is 0 Å². The molecule has 1 aromatic heterocycles. The number of aromatic nitrogens is 1. The van der Waals surface area contributed by atoms with Crippen molar-refractivity contribution in [2.24, 2.45) is 0 Å². The van der Waals surface area contributed by atoms with Crippen LogP contribution in [-0.4, -0.2) is 43.0 Å². The number of methoxy groups -OCH3 is 3. The van der Waals surface area contributed by atoms with Crippen molar-refractivity contribution in [1.82, 2.24) is 9.40 Å². The number of para-hydroxylation sites is 2. The molecule has 1 unspecified atom stereocenters. The molecule has 0 radical (unpaired) electrons. The third-order valence-corrected chi connectivity index (χ3v) is 8.01. The van der Waals surface area contributed by atoms with Gasteiger partial charge in [-0.3, -0.25) is 14.5 Å². The highest BCUT2D eigenvalue weighted by molar-refractivity contribution is 8.00. The van der Waals surface area contributed by atoms with Crippen LogP contribution in [0.3, 0.4) is 0 Å². The van der Waals surface area contributed by atoms with Crippen molar-refractivity contribution < 1.29 is 23.8 Å². The third-order valence-electron chi connectivity index (χ3n) is 6.49. The average Bonchev–Trinajstić information content (AvgIpc) is 3.13. The van der Waals surface area contributed by atoms with Gasteiger partial charge in [-0.25, -0.2) is 4.09 Å². The number of carbonyl (C=O) groups is 2. The fourth-order valence-electron chi connectivity index (χ4n) is 4.71. The Balaban J connectivity index is 1.67. The fraction of sp³-hybridized carbons (Fsp3) is 0.214. The second kappa shape index (κ2) is 10.9. The van der Waals surface area contributed by atoms with Crippen LogP contribution < -0.4 is 24.4 Å². The summed E-state index contributed by atoms with van der Waals surface area (Å²) in [6, 6.07) is 19.2. The summed E-state index contributed by atoms with van der Waals surface area (Å²) in [5.41, 5.74) is 2.67. The smallest absolute Gasteiger partial charge is 0.248 e. The van der Waals surface area contributed by atoms with E-state index < -0.39 is 6.04 Å². The number of carbonyl (C=O) groups excluding carboxylic acids is 2. The zero-order valence-electron chi connectivity index (χ0n) is 21.1. The van der Waals surface area contributed by atoms with Gasteiger partial charge in [0.05, 0.1) is 43.3 Å². The number of halogens is 1. The Kier molecular flexibility index (Phi) is 7.40. The molecule has 0 aliphatic carbocycles. The Bertz CT molecular complexity index is 1520. The van der Waals surface area contributed by atoms with Gasteiger partial charge in [0.25, 0.3) is 0 Å². The first-order valence-corrected chi connectivity index (χ1v) is 13.2. The molecular weight excluding hydrogens is 526 g/mol. The topological polar surface area (TPSA) is 82.0 Å². The number of thioether (sulfide) groups is 1. The summed E-state index contributed by atoms with van der Waals surface area (Å²) in [6.07, 6.45) is 0. The van der Waals surface area contributed by atoms with Crippen molar-refractivity contribution in [3.63, 3.8) is 0 Å². The largest absolute Gasteiger partial charge is 0.497 e. The molecule has 1 atom stereocenters. The minimum atomic E-state index is -1.02. The number of hydrogen-bond acceptors (Lipinski definition) is 6. The lowest BCUT2D eigenvalue weighted by Crippen LogP contribution is -2.44. The van der Waals surface area contributed by atoms with Crippen LogP contribution in [0.4, 0.5) is 5.69 Å². The van der Waals surface area contributed by atoms with Crippen molar-refractivity contribution in [3.05, 3.63) is 77.9 Å². The minimum Gasteiger partial charge on any atom is -0.497 e. The molecule has 38 heavy (non-hydrogen) atoms. The van der Waals surface area contributed by atoms with Crippen molar-refractivity contribution in [3.8, 4) is 17.2 Å². The van der Waals surface area contributed by atoms with Gasteiger partial charge in [0, 0.05) is 40.9 Å². The van der Waals surface area contributed by atoms with Crippen molar-refractivity contribution in [2.45, 2.75) is 17.6 Å². The number of amides is 2. The molecule has 3 aromatic carbocycles. The second-order valence-electron chi connectivity index (χ2n) is 8.54. The zero-order valence-corrected chi connectivity index (χ0v) is 22.6. The highest BCUT2D eigenvalue weighted by Gasteiger charge is 2.41. The first-order valence-electron chi connectivity index (χ1n) is 11.8. The Labute approximate surface area is 229 Å². The van der Waals surface area contributed by atoms with Crippen LogP contribution in [0, 0.1) is 0 Å². The number of benzene rings is 3. The standard InChI is InChI=1S/C28H26ClN3O5S/c1-35-18-12-13-21(23(14-18)37-3)31-24(33)16-38-28-25(19-9-5-6-10-20(19)32(28)29)26(31)27(34)30-15-17-8-4-7-11-22(17)36-2/h4-14,26H,15-16H2,1-3H3,(H,30,34).